The Balaban J connectivity index is 1.84. The van der Waals surface area contributed by atoms with E-state index in [1.54, 1.807) is 36.4 Å². The molecule has 0 amide bonds. The van der Waals surface area contributed by atoms with E-state index in [9.17, 15) is 13.2 Å². The largest absolute Gasteiger partial charge is 0.493 e. The fourth-order valence-corrected chi connectivity index (χ4v) is 3.13. The summed E-state index contributed by atoms with van der Waals surface area (Å²) in [6.07, 6.45) is -1.09. The molecule has 0 fully saturated rings. The zero-order valence-electron chi connectivity index (χ0n) is 19.0. The molecule has 2 N–H and O–H groups in total. The molecule has 0 saturated heterocycles. The fourth-order valence-electron chi connectivity index (χ4n) is 3.13. The molecule has 3 aromatic rings. The topological polar surface area (TPSA) is 59.1 Å². The zero-order chi connectivity index (χ0) is 23.8. The Bertz CT molecular complexity index is 1040. The Morgan fingerprint density at radius 3 is 2.39 bits per heavy atom. The van der Waals surface area contributed by atoms with Gasteiger partial charge in [0.25, 0.3) is 0 Å². The summed E-state index contributed by atoms with van der Waals surface area (Å²) in [6.45, 7) is 6.80. The average Bonchev–Trinajstić information content (AvgIpc) is 2.77. The van der Waals surface area contributed by atoms with E-state index in [0.717, 1.165) is 31.0 Å². The van der Waals surface area contributed by atoms with Crippen LogP contribution in [0.15, 0.2) is 54.7 Å². The number of rotatable bonds is 10. The van der Waals surface area contributed by atoms with Crippen LogP contribution in [0.1, 0.15) is 44.7 Å². The molecular formula is C25H29F3N4O. The highest BCUT2D eigenvalue weighted by Crippen LogP contribution is 2.36. The molecule has 0 aliphatic carbocycles. The van der Waals surface area contributed by atoms with Crippen molar-refractivity contribution < 1.29 is 17.9 Å². The number of aryl methyl sites for hydroxylation is 1. The van der Waals surface area contributed by atoms with Gasteiger partial charge in [-0.05, 0) is 54.7 Å². The van der Waals surface area contributed by atoms with Crippen LogP contribution in [-0.2, 0) is 12.6 Å². The van der Waals surface area contributed by atoms with Gasteiger partial charge in [0.15, 0.2) is 0 Å². The zero-order valence-corrected chi connectivity index (χ0v) is 19.0. The van der Waals surface area contributed by atoms with Gasteiger partial charge < -0.3 is 15.4 Å². The summed E-state index contributed by atoms with van der Waals surface area (Å²) in [7, 11) is 0. The first-order chi connectivity index (χ1) is 15.8. The molecule has 0 aliphatic rings. The van der Waals surface area contributed by atoms with Gasteiger partial charge in [-0.1, -0.05) is 45.4 Å². The van der Waals surface area contributed by atoms with Crippen LogP contribution in [0.2, 0.25) is 0 Å². The van der Waals surface area contributed by atoms with Crippen molar-refractivity contribution in [3.8, 4) is 5.75 Å². The maximum Gasteiger partial charge on any atom is 0.421 e. The number of unbranched alkanes of at least 4 members (excludes halogenated alkanes) is 1. The van der Waals surface area contributed by atoms with Crippen LogP contribution in [0.5, 0.6) is 5.75 Å². The Kier molecular flexibility index (Phi) is 8.14. The van der Waals surface area contributed by atoms with Crippen LogP contribution in [0, 0.1) is 5.92 Å². The summed E-state index contributed by atoms with van der Waals surface area (Å²) in [5.41, 5.74) is 1.27. The molecule has 5 nitrogen and oxygen atoms in total. The highest BCUT2D eigenvalue weighted by molar-refractivity contribution is 5.65. The van der Waals surface area contributed by atoms with Crippen molar-refractivity contribution in [3.63, 3.8) is 0 Å². The Hall–Kier alpha value is -3.29. The van der Waals surface area contributed by atoms with E-state index in [1.165, 1.54) is 0 Å². The van der Waals surface area contributed by atoms with Crippen LogP contribution >= 0.6 is 0 Å². The third kappa shape index (κ3) is 7.10. The van der Waals surface area contributed by atoms with Crippen LogP contribution in [0.4, 0.5) is 36.3 Å². The first kappa shape index (κ1) is 24.4. The lowest BCUT2D eigenvalue weighted by Gasteiger charge is -2.17. The molecule has 33 heavy (non-hydrogen) atoms. The number of aromatic nitrogens is 2. The second-order valence-electron chi connectivity index (χ2n) is 8.19. The summed E-state index contributed by atoms with van der Waals surface area (Å²) in [6, 6.07) is 14.4. The standard InChI is InChI=1S/C25H29F3N4O/c1-4-5-8-18-9-6-7-10-22(18)31-23-21(25(26,27)28)15-29-24(32-23)30-19-11-13-20(14-12-19)33-16-17(2)3/h6-7,9-15,17H,4-5,8,16H2,1-3H3,(H2,29,30,31,32). The van der Waals surface area contributed by atoms with Gasteiger partial charge in [0, 0.05) is 17.6 Å². The van der Waals surface area contributed by atoms with Crippen molar-refractivity contribution in [2.75, 3.05) is 17.2 Å². The molecule has 0 unspecified atom stereocenters. The second kappa shape index (κ2) is 11.0. The van der Waals surface area contributed by atoms with Crippen LogP contribution < -0.4 is 15.4 Å². The quantitative estimate of drug-likeness (QED) is 0.332. The molecule has 0 atom stereocenters. The van der Waals surface area contributed by atoms with E-state index in [4.69, 9.17) is 4.74 Å². The Labute approximate surface area is 192 Å². The summed E-state index contributed by atoms with van der Waals surface area (Å²) < 4.78 is 46.6. The van der Waals surface area contributed by atoms with E-state index >= 15 is 0 Å². The molecule has 0 bridgehead atoms. The number of nitrogens with zero attached hydrogens (tertiary/aromatic N) is 2. The van der Waals surface area contributed by atoms with Gasteiger partial charge >= 0.3 is 6.18 Å². The minimum atomic E-state index is -4.59. The monoisotopic (exact) mass is 458 g/mol. The number of halogens is 3. The van der Waals surface area contributed by atoms with Crippen LogP contribution in [0.25, 0.3) is 0 Å². The number of alkyl halides is 3. The van der Waals surface area contributed by atoms with Gasteiger partial charge in [0.05, 0.1) is 6.61 Å². The molecule has 2 aromatic carbocycles. The minimum Gasteiger partial charge on any atom is -0.493 e. The molecular weight excluding hydrogens is 429 g/mol. The van der Waals surface area contributed by atoms with Crippen molar-refractivity contribution in [1.82, 2.24) is 9.97 Å². The normalized spacial score (nSPS) is 11.5. The van der Waals surface area contributed by atoms with E-state index < -0.39 is 11.7 Å². The molecule has 1 aromatic heterocycles. The Morgan fingerprint density at radius 1 is 1.00 bits per heavy atom. The van der Waals surface area contributed by atoms with E-state index in [-0.39, 0.29) is 11.8 Å². The lowest BCUT2D eigenvalue weighted by atomic mass is 10.1. The van der Waals surface area contributed by atoms with E-state index in [0.29, 0.717) is 29.6 Å². The molecule has 0 saturated carbocycles. The predicted octanol–water partition coefficient (Wildman–Crippen LogP) is 7.36. The minimum absolute atomic E-state index is 0.0624. The van der Waals surface area contributed by atoms with Crippen molar-refractivity contribution in [2.45, 2.75) is 46.2 Å². The first-order valence-corrected chi connectivity index (χ1v) is 11.0. The van der Waals surface area contributed by atoms with Crippen LogP contribution in [0.3, 0.4) is 0 Å². The van der Waals surface area contributed by atoms with Gasteiger partial charge in [-0.2, -0.15) is 18.2 Å². The van der Waals surface area contributed by atoms with Crippen molar-refractivity contribution in [3.05, 3.63) is 65.9 Å². The third-order valence-corrected chi connectivity index (χ3v) is 4.86. The smallest absolute Gasteiger partial charge is 0.421 e. The number of benzene rings is 2. The van der Waals surface area contributed by atoms with Gasteiger partial charge in [0.1, 0.15) is 17.1 Å². The molecule has 176 valence electrons. The average molecular weight is 459 g/mol. The van der Waals surface area contributed by atoms with Gasteiger partial charge in [-0.15, -0.1) is 0 Å². The van der Waals surface area contributed by atoms with E-state index in [1.807, 2.05) is 12.1 Å². The van der Waals surface area contributed by atoms with E-state index in [2.05, 4.69) is 41.4 Å². The third-order valence-electron chi connectivity index (χ3n) is 4.86. The number of anilines is 4. The van der Waals surface area contributed by atoms with Gasteiger partial charge in [0.2, 0.25) is 5.95 Å². The summed E-state index contributed by atoms with van der Waals surface area (Å²) in [5, 5.41) is 5.85. The highest BCUT2D eigenvalue weighted by Gasteiger charge is 2.35. The van der Waals surface area contributed by atoms with Crippen molar-refractivity contribution in [2.24, 2.45) is 5.92 Å². The number of ether oxygens (including phenoxy) is 1. The number of nitrogens with one attached hydrogen (secondary N) is 2. The van der Waals surface area contributed by atoms with Gasteiger partial charge in [-0.3, -0.25) is 0 Å². The van der Waals surface area contributed by atoms with Crippen molar-refractivity contribution >= 4 is 23.1 Å². The summed E-state index contributed by atoms with van der Waals surface area (Å²) in [5.74, 6) is 0.892. The van der Waals surface area contributed by atoms with Crippen LogP contribution in [-0.4, -0.2) is 16.6 Å². The SMILES string of the molecule is CCCCc1ccccc1Nc1nc(Nc2ccc(OCC(C)C)cc2)ncc1C(F)(F)F. The lowest BCUT2D eigenvalue weighted by Crippen LogP contribution is -2.13. The lowest BCUT2D eigenvalue weighted by molar-refractivity contribution is -0.137. The summed E-state index contributed by atoms with van der Waals surface area (Å²) in [4.78, 5) is 8.03. The van der Waals surface area contributed by atoms with Gasteiger partial charge in [-0.25, -0.2) is 4.98 Å². The van der Waals surface area contributed by atoms with Crippen molar-refractivity contribution in [1.29, 1.82) is 0 Å². The predicted molar refractivity (Wildman–Crippen MR) is 125 cm³/mol. The molecule has 8 heteroatoms. The first-order valence-electron chi connectivity index (χ1n) is 11.0. The molecule has 0 aliphatic heterocycles. The second-order valence-corrected chi connectivity index (χ2v) is 8.19. The number of hydrogen-bond donors (Lipinski definition) is 2. The molecule has 3 rings (SSSR count). The maximum atomic E-state index is 13.6. The number of para-hydroxylation sites is 1. The highest BCUT2D eigenvalue weighted by atomic mass is 19.4. The number of hydrogen-bond acceptors (Lipinski definition) is 5. The maximum absolute atomic E-state index is 13.6. The fraction of sp³-hybridized carbons (Fsp3) is 0.360. The summed E-state index contributed by atoms with van der Waals surface area (Å²) >= 11 is 0. The molecule has 0 radical (unpaired) electrons. The molecule has 1 heterocycles. The Morgan fingerprint density at radius 2 is 1.73 bits per heavy atom. The molecule has 0 spiro atoms.